The number of piperidine rings is 1. The summed E-state index contributed by atoms with van der Waals surface area (Å²) in [5, 5.41) is 2.39. The number of fused-ring (bicyclic) bond motifs is 1. The van der Waals surface area contributed by atoms with Crippen molar-refractivity contribution in [1.29, 1.82) is 0 Å². The van der Waals surface area contributed by atoms with Crippen molar-refractivity contribution in [3.05, 3.63) is 73.9 Å². The van der Waals surface area contributed by atoms with Gasteiger partial charge in [0, 0.05) is 35.9 Å². The lowest BCUT2D eigenvalue weighted by atomic mass is 10.0. The molecule has 4 rings (SSSR count). The minimum atomic E-state index is -0.503. The van der Waals surface area contributed by atoms with Crippen LogP contribution in [0.15, 0.2) is 41.3 Å². The smallest absolute Gasteiger partial charge is 0.255 e. The van der Waals surface area contributed by atoms with Crippen LogP contribution in [0.4, 0.5) is 4.39 Å². The van der Waals surface area contributed by atoms with E-state index in [1.54, 1.807) is 18.3 Å². The van der Waals surface area contributed by atoms with E-state index in [1.807, 2.05) is 19.1 Å². The highest BCUT2D eigenvalue weighted by atomic mass is 35.5. The normalized spacial score (nSPS) is 15.6. The van der Waals surface area contributed by atoms with Gasteiger partial charge in [0.25, 0.3) is 5.56 Å². The van der Waals surface area contributed by atoms with E-state index >= 15 is 0 Å². The number of aryl methyl sites for hydroxylation is 1. The molecule has 0 spiro atoms. The Hall–Kier alpha value is -2.08. The molecule has 1 aliphatic heterocycles. The lowest BCUT2D eigenvalue weighted by Gasteiger charge is -2.32. The van der Waals surface area contributed by atoms with Gasteiger partial charge in [0.1, 0.15) is 6.10 Å². The van der Waals surface area contributed by atoms with E-state index in [9.17, 15) is 9.18 Å². The second-order valence-corrected chi connectivity index (χ2v) is 8.50. The zero-order valence-electron chi connectivity index (χ0n) is 16.7. The summed E-state index contributed by atoms with van der Waals surface area (Å²) in [6.07, 6.45) is 3.94. The molecule has 1 aromatic heterocycles. The van der Waals surface area contributed by atoms with Crippen LogP contribution >= 0.6 is 23.2 Å². The fraction of sp³-hybridized carbons (Fsp3) is 0.348. The summed E-state index contributed by atoms with van der Waals surface area (Å²) in [6.45, 7) is 4.41. The number of pyridine rings is 1. The zero-order chi connectivity index (χ0) is 21.3. The van der Waals surface area contributed by atoms with Gasteiger partial charge in [-0.1, -0.05) is 36.2 Å². The van der Waals surface area contributed by atoms with Gasteiger partial charge in [-0.25, -0.2) is 4.39 Å². The molecule has 1 fully saturated rings. The summed E-state index contributed by atoms with van der Waals surface area (Å²) < 4.78 is 20.6. The van der Waals surface area contributed by atoms with E-state index in [0.717, 1.165) is 55.4 Å². The molecular formula is C23H23Cl2FN2O2. The molecule has 2 aromatic carbocycles. The van der Waals surface area contributed by atoms with E-state index < -0.39 is 5.82 Å². The van der Waals surface area contributed by atoms with E-state index in [0.29, 0.717) is 15.4 Å². The number of ether oxygens (including phenoxy) is 1. The van der Waals surface area contributed by atoms with Crippen LogP contribution in [-0.4, -0.2) is 29.1 Å². The molecule has 4 nitrogen and oxygen atoms in total. The van der Waals surface area contributed by atoms with Crippen LogP contribution in [0.5, 0.6) is 5.75 Å². The molecule has 0 saturated carbocycles. The van der Waals surface area contributed by atoms with Gasteiger partial charge in [-0.2, -0.15) is 0 Å². The lowest BCUT2D eigenvalue weighted by molar-refractivity contribution is 0.0937. The number of hydrogen-bond donors (Lipinski definition) is 1. The molecule has 0 unspecified atom stereocenters. The first kappa shape index (κ1) is 21.2. The van der Waals surface area contributed by atoms with Crippen LogP contribution in [0.1, 0.15) is 30.9 Å². The maximum atomic E-state index is 14.6. The summed E-state index contributed by atoms with van der Waals surface area (Å²) in [7, 11) is 0. The summed E-state index contributed by atoms with van der Waals surface area (Å²) in [5.74, 6) is -0.293. The van der Waals surface area contributed by atoms with Crippen LogP contribution in [0.25, 0.3) is 10.8 Å². The number of likely N-dealkylation sites (tertiary alicyclic amines) is 1. The second kappa shape index (κ2) is 8.96. The summed E-state index contributed by atoms with van der Waals surface area (Å²) in [4.78, 5) is 17.0. The number of halogens is 3. The van der Waals surface area contributed by atoms with Gasteiger partial charge >= 0.3 is 0 Å². The molecule has 0 aliphatic carbocycles. The molecule has 0 radical (unpaired) electrons. The van der Waals surface area contributed by atoms with E-state index in [4.69, 9.17) is 27.9 Å². The number of benzene rings is 2. The van der Waals surface area contributed by atoms with Gasteiger partial charge in [0.2, 0.25) is 0 Å². The van der Waals surface area contributed by atoms with E-state index in [2.05, 4.69) is 9.88 Å². The number of aromatic amines is 1. The Bertz CT molecular complexity index is 1120. The molecule has 1 aliphatic rings. The summed E-state index contributed by atoms with van der Waals surface area (Å²) in [5.41, 5.74) is 1.71. The largest absolute Gasteiger partial charge is 0.487 e. The Morgan fingerprint density at radius 2 is 1.90 bits per heavy atom. The number of hydrogen-bond acceptors (Lipinski definition) is 3. The van der Waals surface area contributed by atoms with Crippen molar-refractivity contribution in [3.63, 3.8) is 0 Å². The molecule has 0 atom stereocenters. The third-order valence-electron chi connectivity index (χ3n) is 5.66. The Balaban J connectivity index is 1.44. The zero-order valence-corrected chi connectivity index (χ0v) is 18.2. The second-order valence-electron chi connectivity index (χ2n) is 7.65. The number of nitrogens with one attached hydrogen (secondary N) is 1. The molecule has 2 heterocycles. The lowest BCUT2D eigenvalue weighted by Crippen LogP contribution is -2.38. The fourth-order valence-corrected chi connectivity index (χ4v) is 4.42. The highest BCUT2D eigenvalue weighted by Gasteiger charge is 2.23. The van der Waals surface area contributed by atoms with Crippen LogP contribution in [-0.2, 0) is 13.0 Å². The molecule has 0 bridgehead atoms. The van der Waals surface area contributed by atoms with Gasteiger partial charge in [-0.15, -0.1) is 0 Å². The van der Waals surface area contributed by atoms with Crippen molar-refractivity contribution >= 4 is 34.0 Å². The Kier molecular flexibility index (Phi) is 6.32. The van der Waals surface area contributed by atoms with Gasteiger partial charge in [0.05, 0.1) is 5.39 Å². The van der Waals surface area contributed by atoms with Crippen molar-refractivity contribution in [2.24, 2.45) is 0 Å². The standard InChI is InChI=1S/C23H23Cl2FN2O2/c1-2-14-12-27-23(29)19-10-21(26)22(11-18(14)19)30-17-5-7-28(8-6-17)13-15-3-4-16(24)9-20(15)25/h3-4,9-12,17H,2,5-8,13H2,1H3,(H,27,29). The highest BCUT2D eigenvalue weighted by Crippen LogP contribution is 2.29. The number of nitrogens with zero attached hydrogens (tertiary/aromatic N) is 1. The number of rotatable bonds is 5. The van der Waals surface area contributed by atoms with Crippen molar-refractivity contribution < 1.29 is 9.13 Å². The third-order valence-corrected chi connectivity index (χ3v) is 6.25. The van der Waals surface area contributed by atoms with Crippen molar-refractivity contribution in [1.82, 2.24) is 9.88 Å². The summed E-state index contributed by atoms with van der Waals surface area (Å²) >= 11 is 12.3. The Labute approximate surface area is 184 Å². The maximum Gasteiger partial charge on any atom is 0.255 e. The fourth-order valence-electron chi connectivity index (χ4n) is 3.95. The number of aromatic nitrogens is 1. The molecular weight excluding hydrogens is 426 g/mol. The van der Waals surface area contributed by atoms with Gasteiger partial charge < -0.3 is 9.72 Å². The minimum absolute atomic E-state index is 0.0686. The molecule has 1 N–H and O–H groups in total. The SMILES string of the molecule is CCc1c[nH]c(=O)c2cc(F)c(OC3CCN(Cc4ccc(Cl)cc4Cl)CC3)cc12. The molecule has 158 valence electrons. The monoisotopic (exact) mass is 448 g/mol. The van der Waals surface area contributed by atoms with E-state index in [1.165, 1.54) is 6.07 Å². The quantitative estimate of drug-likeness (QED) is 0.553. The van der Waals surface area contributed by atoms with E-state index in [-0.39, 0.29) is 17.4 Å². The van der Waals surface area contributed by atoms with Crippen LogP contribution < -0.4 is 10.3 Å². The predicted octanol–water partition coefficient (Wildman–Crippen LogP) is 5.58. The first-order chi connectivity index (χ1) is 14.4. The van der Waals surface area contributed by atoms with Crippen LogP contribution in [0, 0.1) is 5.82 Å². The van der Waals surface area contributed by atoms with Crippen molar-refractivity contribution in [2.75, 3.05) is 13.1 Å². The van der Waals surface area contributed by atoms with Crippen LogP contribution in [0.2, 0.25) is 10.0 Å². The topological polar surface area (TPSA) is 45.3 Å². The number of H-pyrrole nitrogens is 1. The Morgan fingerprint density at radius 3 is 2.60 bits per heavy atom. The first-order valence-electron chi connectivity index (χ1n) is 10.1. The van der Waals surface area contributed by atoms with Crippen molar-refractivity contribution in [2.45, 2.75) is 38.8 Å². The molecule has 3 aromatic rings. The average Bonchev–Trinajstić information content (AvgIpc) is 2.73. The van der Waals surface area contributed by atoms with Gasteiger partial charge in [-0.05, 0) is 60.0 Å². The average molecular weight is 449 g/mol. The molecule has 0 amide bonds. The van der Waals surface area contributed by atoms with Crippen molar-refractivity contribution in [3.8, 4) is 5.75 Å². The molecule has 1 saturated heterocycles. The molecule has 7 heteroatoms. The first-order valence-corrected chi connectivity index (χ1v) is 10.9. The third kappa shape index (κ3) is 4.48. The minimum Gasteiger partial charge on any atom is -0.487 e. The molecule has 30 heavy (non-hydrogen) atoms. The summed E-state index contributed by atoms with van der Waals surface area (Å²) in [6, 6.07) is 8.49. The van der Waals surface area contributed by atoms with Gasteiger partial charge in [-0.3, -0.25) is 9.69 Å². The highest BCUT2D eigenvalue weighted by molar-refractivity contribution is 6.35. The Morgan fingerprint density at radius 1 is 1.13 bits per heavy atom. The maximum absolute atomic E-state index is 14.6. The predicted molar refractivity (Wildman–Crippen MR) is 119 cm³/mol. The van der Waals surface area contributed by atoms with Crippen LogP contribution in [0.3, 0.4) is 0 Å². The van der Waals surface area contributed by atoms with Gasteiger partial charge in [0.15, 0.2) is 11.6 Å².